The number of nitrogens with zero attached hydrogens (tertiary/aromatic N) is 4. The summed E-state index contributed by atoms with van der Waals surface area (Å²) in [7, 11) is 4.19. The zero-order valence-electron chi connectivity index (χ0n) is 24.9. The standard InChI is InChI=1S/C33H49FN4/c1-11-12-13-14-26(6)32-22-28(8)38(35-32)33(21-24(2)3)37(10)20-19-36(9)27(7)15-16-29-17-18-30(34)23-31(29)25(4)5/h17-18,21-23,26H,2,4,7,11-16,19-20H2,1,3,5-6,8-10H3/b33-21-. The average molecular weight is 521 g/mol. The lowest BCUT2D eigenvalue weighted by atomic mass is 9.97. The number of rotatable bonds is 16. The highest BCUT2D eigenvalue weighted by Gasteiger charge is 2.17. The smallest absolute Gasteiger partial charge is 0.130 e. The van der Waals surface area contributed by atoms with Gasteiger partial charge in [0, 0.05) is 44.5 Å². The Hall–Kier alpha value is -3.08. The Labute approximate surface area is 231 Å². The van der Waals surface area contributed by atoms with Crippen LogP contribution in [0.3, 0.4) is 0 Å². The summed E-state index contributed by atoms with van der Waals surface area (Å²) in [6, 6.07) is 7.18. The molecule has 5 heteroatoms. The minimum atomic E-state index is -0.227. The van der Waals surface area contributed by atoms with Crippen LogP contribution in [0.25, 0.3) is 11.4 Å². The Bertz CT molecular complexity index is 1140. The number of allylic oxidation sites excluding steroid dienone is 4. The number of halogens is 1. The Morgan fingerprint density at radius 2 is 1.76 bits per heavy atom. The van der Waals surface area contributed by atoms with Gasteiger partial charge in [0.15, 0.2) is 0 Å². The van der Waals surface area contributed by atoms with E-state index < -0.39 is 0 Å². The first-order valence-electron chi connectivity index (χ1n) is 13.9. The molecule has 2 aromatic rings. The van der Waals surface area contributed by atoms with E-state index in [0.29, 0.717) is 5.92 Å². The molecule has 1 aromatic heterocycles. The topological polar surface area (TPSA) is 24.3 Å². The van der Waals surface area contributed by atoms with Gasteiger partial charge >= 0.3 is 0 Å². The van der Waals surface area contributed by atoms with Crippen LogP contribution in [0.4, 0.5) is 4.39 Å². The third kappa shape index (κ3) is 9.04. The molecule has 1 unspecified atom stereocenters. The molecule has 208 valence electrons. The highest BCUT2D eigenvalue weighted by Crippen LogP contribution is 2.25. The van der Waals surface area contributed by atoms with E-state index in [1.807, 2.05) is 19.9 Å². The fourth-order valence-corrected chi connectivity index (χ4v) is 4.58. The molecule has 0 spiro atoms. The van der Waals surface area contributed by atoms with Crippen molar-refractivity contribution < 1.29 is 4.39 Å². The Morgan fingerprint density at radius 1 is 1.08 bits per heavy atom. The second-order valence-electron chi connectivity index (χ2n) is 10.9. The first kappa shape index (κ1) is 31.1. The highest BCUT2D eigenvalue weighted by molar-refractivity contribution is 5.64. The largest absolute Gasteiger partial charge is 0.377 e. The molecule has 1 atom stereocenters. The zero-order valence-corrected chi connectivity index (χ0v) is 24.9. The molecule has 38 heavy (non-hydrogen) atoms. The minimum absolute atomic E-state index is 0.227. The molecular weight excluding hydrogens is 471 g/mol. The van der Waals surface area contributed by atoms with Gasteiger partial charge < -0.3 is 9.80 Å². The Balaban J connectivity index is 2.05. The van der Waals surface area contributed by atoms with Crippen molar-refractivity contribution >= 4 is 11.4 Å². The quantitative estimate of drug-likeness (QED) is 0.164. The summed E-state index contributed by atoms with van der Waals surface area (Å²) in [5.74, 6) is 1.24. The lowest BCUT2D eigenvalue weighted by Crippen LogP contribution is -2.31. The summed E-state index contributed by atoms with van der Waals surface area (Å²) in [5, 5.41) is 5.02. The van der Waals surface area contributed by atoms with Crippen molar-refractivity contribution in [1.82, 2.24) is 19.6 Å². The second kappa shape index (κ2) is 14.8. The van der Waals surface area contributed by atoms with Gasteiger partial charge in [-0.25, -0.2) is 9.07 Å². The number of likely N-dealkylation sites (N-methyl/N-ethyl adjacent to an activating group) is 2. The van der Waals surface area contributed by atoms with Gasteiger partial charge in [0.2, 0.25) is 0 Å². The van der Waals surface area contributed by atoms with Gasteiger partial charge in [-0.1, -0.05) is 70.1 Å². The van der Waals surface area contributed by atoms with Crippen LogP contribution in [0.1, 0.15) is 88.2 Å². The molecule has 0 bridgehead atoms. The van der Waals surface area contributed by atoms with Crippen molar-refractivity contribution in [3.63, 3.8) is 0 Å². The lowest BCUT2D eigenvalue weighted by Gasteiger charge is -2.28. The van der Waals surface area contributed by atoms with Gasteiger partial charge in [-0.3, -0.25) is 0 Å². The molecule has 1 aromatic carbocycles. The van der Waals surface area contributed by atoms with E-state index in [1.54, 1.807) is 6.07 Å². The number of hydrogen-bond donors (Lipinski definition) is 0. The third-order valence-corrected chi connectivity index (χ3v) is 7.16. The lowest BCUT2D eigenvalue weighted by molar-refractivity contribution is 0.338. The first-order chi connectivity index (χ1) is 17.9. The summed E-state index contributed by atoms with van der Waals surface area (Å²) < 4.78 is 15.8. The molecule has 2 rings (SSSR count). The van der Waals surface area contributed by atoms with Crippen LogP contribution in [-0.2, 0) is 6.42 Å². The van der Waals surface area contributed by atoms with Gasteiger partial charge in [-0.05, 0) is 75.4 Å². The number of aromatic nitrogens is 2. The maximum atomic E-state index is 13.7. The monoisotopic (exact) mass is 520 g/mol. The zero-order chi connectivity index (χ0) is 28.4. The van der Waals surface area contributed by atoms with E-state index in [9.17, 15) is 4.39 Å². The van der Waals surface area contributed by atoms with E-state index in [0.717, 1.165) is 71.1 Å². The van der Waals surface area contributed by atoms with Gasteiger partial charge in [0.25, 0.3) is 0 Å². The predicted octanol–water partition coefficient (Wildman–Crippen LogP) is 8.43. The normalized spacial score (nSPS) is 12.4. The fourth-order valence-electron chi connectivity index (χ4n) is 4.58. The van der Waals surface area contributed by atoms with E-state index in [4.69, 9.17) is 5.10 Å². The Morgan fingerprint density at radius 3 is 2.39 bits per heavy atom. The molecule has 0 fully saturated rings. The van der Waals surface area contributed by atoms with Gasteiger partial charge in [-0.15, -0.1) is 0 Å². The van der Waals surface area contributed by atoms with Crippen molar-refractivity contribution in [2.24, 2.45) is 0 Å². The number of benzene rings is 1. The molecule has 0 amide bonds. The second-order valence-corrected chi connectivity index (χ2v) is 10.9. The predicted molar refractivity (Wildman–Crippen MR) is 162 cm³/mol. The number of unbranched alkanes of at least 4 members (excludes halogenated alkanes) is 2. The average Bonchev–Trinajstić information content (AvgIpc) is 3.25. The van der Waals surface area contributed by atoms with Crippen LogP contribution in [-0.4, -0.2) is 46.8 Å². The van der Waals surface area contributed by atoms with E-state index >= 15 is 0 Å². The van der Waals surface area contributed by atoms with Crippen molar-refractivity contribution in [3.05, 3.63) is 89.7 Å². The Kier molecular flexibility index (Phi) is 12.1. The maximum Gasteiger partial charge on any atom is 0.130 e. The molecular formula is C33H49FN4. The van der Waals surface area contributed by atoms with Crippen LogP contribution < -0.4 is 0 Å². The molecule has 0 N–H and O–H groups in total. The fraction of sp³-hybridized carbons (Fsp3) is 0.485. The summed E-state index contributed by atoms with van der Waals surface area (Å²) in [6.07, 6.45) is 8.62. The molecule has 0 aliphatic rings. The van der Waals surface area contributed by atoms with E-state index in [2.05, 4.69) is 81.2 Å². The van der Waals surface area contributed by atoms with E-state index in [1.165, 1.54) is 31.7 Å². The van der Waals surface area contributed by atoms with Crippen LogP contribution in [0.5, 0.6) is 0 Å². The first-order valence-corrected chi connectivity index (χ1v) is 13.9. The van der Waals surface area contributed by atoms with Gasteiger partial charge in [0.05, 0.1) is 5.69 Å². The molecule has 1 heterocycles. The maximum absolute atomic E-state index is 13.7. The molecule has 0 aliphatic carbocycles. The van der Waals surface area contributed by atoms with Crippen molar-refractivity contribution in [1.29, 1.82) is 0 Å². The summed E-state index contributed by atoms with van der Waals surface area (Å²) >= 11 is 0. The number of hydrogen-bond acceptors (Lipinski definition) is 3. The highest BCUT2D eigenvalue weighted by atomic mass is 19.1. The van der Waals surface area contributed by atoms with E-state index in [-0.39, 0.29) is 5.82 Å². The van der Waals surface area contributed by atoms with Crippen molar-refractivity contribution in [2.75, 3.05) is 27.2 Å². The molecule has 0 radical (unpaired) electrons. The molecule has 0 saturated heterocycles. The van der Waals surface area contributed by atoms with Crippen LogP contribution in [0.2, 0.25) is 0 Å². The molecule has 0 saturated carbocycles. The van der Waals surface area contributed by atoms with Crippen molar-refractivity contribution in [3.8, 4) is 0 Å². The summed E-state index contributed by atoms with van der Waals surface area (Å²) in [4.78, 5) is 4.44. The van der Waals surface area contributed by atoms with Crippen LogP contribution in [0, 0.1) is 12.7 Å². The molecule has 0 aliphatic heterocycles. The summed E-state index contributed by atoms with van der Waals surface area (Å²) in [6.45, 7) is 24.7. The van der Waals surface area contributed by atoms with Crippen LogP contribution in [0.15, 0.2) is 61.3 Å². The van der Waals surface area contributed by atoms with Crippen LogP contribution >= 0.6 is 0 Å². The minimum Gasteiger partial charge on any atom is -0.377 e. The number of aryl methyl sites for hydroxylation is 2. The van der Waals surface area contributed by atoms with Gasteiger partial charge in [0.1, 0.15) is 11.6 Å². The molecule has 4 nitrogen and oxygen atoms in total. The summed E-state index contributed by atoms with van der Waals surface area (Å²) in [5.41, 5.74) is 7.20. The third-order valence-electron chi connectivity index (χ3n) is 7.16. The van der Waals surface area contributed by atoms with Gasteiger partial charge in [-0.2, -0.15) is 5.10 Å². The SMILES string of the molecule is C=C(C)/C=C(/N(C)CCN(C)C(=C)CCc1ccc(F)cc1C(=C)C)n1nc(C(C)CCCCC)cc1C. The van der Waals surface area contributed by atoms with Crippen molar-refractivity contribution in [2.45, 2.75) is 79.1 Å².